The maximum absolute atomic E-state index is 14.0. The Bertz CT molecular complexity index is 1410. The van der Waals surface area contributed by atoms with Gasteiger partial charge >= 0.3 is 0 Å². The van der Waals surface area contributed by atoms with E-state index in [1.165, 1.54) is 19.2 Å². The number of piperidine rings is 1. The number of carbonyl (C=O) groups is 1. The van der Waals surface area contributed by atoms with E-state index in [1.807, 2.05) is 11.0 Å². The van der Waals surface area contributed by atoms with Crippen LogP contribution < -0.4 is 20.1 Å². The lowest BCUT2D eigenvalue weighted by Crippen LogP contribution is -2.38. The number of primary amides is 1. The van der Waals surface area contributed by atoms with E-state index in [2.05, 4.69) is 11.1 Å². The molecule has 1 aromatic heterocycles. The van der Waals surface area contributed by atoms with Crippen LogP contribution in [-0.2, 0) is 0 Å². The summed E-state index contributed by atoms with van der Waals surface area (Å²) in [7, 11) is 1.37. The van der Waals surface area contributed by atoms with Gasteiger partial charge in [0.25, 0.3) is 5.91 Å². The molecule has 1 saturated heterocycles. The zero-order chi connectivity index (χ0) is 25.8. The van der Waals surface area contributed by atoms with Crippen molar-refractivity contribution in [3.05, 3.63) is 70.8 Å². The highest BCUT2D eigenvalue weighted by molar-refractivity contribution is 5.95. The Labute approximate surface area is 206 Å². The van der Waals surface area contributed by atoms with E-state index in [1.54, 1.807) is 18.2 Å². The number of rotatable bonds is 6. The van der Waals surface area contributed by atoms with E-state index in [9.17, 15) is 24.1 Å². The Morgan fingerprint density at radius 1 is 1.08 bits per heavy atom. The summed E-state index contributed by atoms with van der Waals surface area (Å²) in [4.78, 5) is 18.1. The Balaban J connectivity index is 1.65. The smallest absolute Gasteiger partial charge is 0.254 e. The van der Waals surface area contributed by atoms with E-state index in [4.69, 9.17) is 15.2 Å². The SMILES string of the molecule is COc1nc(-c2cc(C#N)c(C#N)cc2N2CCC(Oc3ccc(F)cc3F)CC2)ccc1C(N)=O. The minimum absolute atomic E-state index is 0.00786. The first-order valence-corrected chi connectivity index (χ1v) is 11.0. The number of amides is 1. The van der Waals surface area contributed by atoms with Gasteiger partial charge in [-0.05, 0) is 36.4 Å². The first kappa shape index (κ1) is 24.4. The van der Waals surface area contributed by atoms with Crippen molar-refractivity contribution in [3.63, 3.8) is 0 Å². The van der Waals surface area contributed by atoms with Crippen LogP contribution in [0.5, 0.6) is 11.6 Å². The Kier molecular flexibility index (Phi) is 6.98. The van der Waals surface area contributed by atoms with Gasteiger partial charge in [-0.25, -0.2) is 13.8 Å². The number of nitriles is 2. The summed E-state index contributed by atoms with van der Waals surface area (Å²) in [5, 5.41) is 19.1. The predicted octanol–water partition coefficient (Wildman–Crippen LogP) is 3.93. The maximum atomic E-state index is 14.0. The zero-order valence-electron chi connectivity index (χ0n) is 19.3. The first-order valence-electron chi connectivity index (χ1n) is 11.0. The Hall–Kier alpha value is -4.70. The summed E-state index contributed by atoms with van der Waals surface area (Å²) in [5.41, 5.74) is 7.57. The molecule has 3 aromatic rings. The van der Waals surface area contributed by atoms with Crippen LogP contribution in [0.3, 0.4) is 0 Å². The molecule has 1 aliphatic heterocycles. The Morgan fingerprint density at radius 2 is 1.78 bits per heavy atom. The average molecular weight is 489 g/mol. The van der Waals surface area contributed by atoms with E-state index < -0.39 is 17.5 Å². The summed E-state index contributed by atoms with van der Waals surface area (Å²) in [5.74, 6) is -2.09. The molecule has 0 saturated carbocycles. The van der Waals surface area contributed by atoms with E-state index in [0.29, 0.717) is 42.9 Å². The standard InChI is InChI=1S/C26H21F2N5O3/c1-35-26-19(25(31)34)3-4-22(32-26)20-10-15(13-29)16(14-30)11-23(20)33-8-6-18(7-9-33)36-24-5-2-17(27)12-21(24)28/h2-5,10-12,18H,6-9H2,1H3,(H2,31,34). The van der Waals surface area contributed by atoms with Crippen LogP contribution >= 0.6 is 0 Å². The number of halogens is 2. The van der Waals surface area contributed by atoms with Gasteiger partial charge in [-0.3, -0.25) is 4.79 Å². The van der Waals surface area contributed by atoms with E-state index >= 15 is 0 Å². The quantitative estimate of drug-likeness (QED) is 0.556. The van der Waals surface area contributed by atoms with Crippen LogP contribution in [0.4, 0.5) is 14.5 Å². The summed E-state index contributed by atoms with van der Waals surface area (Å²) >= 11 is 0. The number of anilines is 1. The minimum Gasteiger partial charge on any atom is -0.487 e. The third-order valence-electron chi connectivity index (χ3n) is 5.94. The van der Waals surface area contributed by atoms with Crippen molar-refractivity contribution in [2.75, 3.05) is 25.1 Å². The average Bonchev–Trinajstić information content (AvgIpc) is 2.89. The van der Waals surface area contributed by atoms with Crippen LogP contribution in [0.2, 0.25) is 0 Å². The topological polar surface area (TPSA) is 125 Å². The molecule has 0 unspecified atom stereocenters. The molecular weight excluding hydrogens is 468 g/mol. The van der Waals surface area contributed by atoms with Crippen LogP contribution in [0.1, 0.15) is 34.3 Å². The van der Waals surface area contributed by atoms with Crippen molar-refractivity contribution < 1.29 is 23.0 Å². The van der Waals surface area contributed by atoms with Crippen molar-refractivity contribution in [2.24, 2.45) is 5.73 Å². The lowest BCUT2D eigenvalue weighted by Gasteiger charge is -2.35. The van der Waals surface area contributed by atoms with Gasteiger partial charge < -0.3 is 20.1 Å². The molecule has 182 valence electrons. The molecule has 4 rings (SSSR count). The molecule has 36 heavy (non-hydrogen) atoms. The second kappa shape index (κ2) is 10.3. The summed E-state index contributed by atoms with van der Waals surface area (Å²) in [6, 6.07) is 13.6. The molecule has 2 aromatic carbocycles. The fourth-order valence-corrected chi connectivity index (χ4v) is 4.14. The molecule has 0 spiro atoms. The van der Waals surface area contributed by atoms with Gasteiger partial charge in [-0.2, -0.15) is 10.5 Å². The van der Waals surface area contributed by atoms with Gasteiger partial charge in [0.05, 0.1) is 23.9 Å². The van der Waals surface area contributed by atoms with Crippen molar-refractivity contribution >= 4 is 11.6 Å². The molecule has 0 bridgehead atoms. The predicted molar refractivity (Wildman–Crippen MR) is 126 cm³/mol. The lowest BCUT2D eigenvalue weighted by molar-refractivity contribution is 0.0996. The largest absolute Gasteiger partial charge is 0.487 e. The van der Waals surface area contributed by atoms with Crippen LogP contribution in [0.25, 0.3) is 11.3 Å². The molecule has 1 fully saturated rings. The number of carbonyl (C=O) groups excluding carboxylic acids is 1. The molecule has 8 nitrogen and oxygen atoms in total. The molecule has 10 heteroatoms. The molecular formula is C26H21F2N5O3. The third-order valence-corrected chi connectivity index (χ3v) is 5.94. The number of nitrogens with two attached hydrogens (primary N) is 1. The Morgan fingerprint density at radius 3 is 2.39 bits per heavy atom. The fourth-order valence-electron chi connectivity index (χ4n) is 4.14. The number of pyridine rings is 1. The second-order valence-corrected chi connectivity index (χ2v) is 8.14. The monoisotopic (exact) mass is 489 g/mol. The number of hydrogen-bond donors (Lipinski definition) is 1. The highest BCUT2D eigenvalue weighted by Gasteiger charge is 2.26. The van der Waals surface area contributed by atoms with Crippen LogP contribution in [0, 0.1) is 34.3 Å². The van der Waals surface area contributed by atoms with Gasteiger partial charge in [0.2, 0.25) is 5.88 Å². The third kappa shape index (κ3) is 4.89. The van der Waals surface area contributed by atoms with Crippen molar-refractivity contribution in [1.29, 1.82) is 10.5 Å². The molecule has 2 N–H and O–H groups in total. The van der Waals surface area contributed by atoms with Gasteiger partial charge in [-0.1, -0.05) is 0 Å². The summed E-state index contributed by atoms with van der Waals surface area (Å²) in [6.45, 7) is 1.02. The van der Waals surface area contributed by atoms with Gasteiger partial charge in [0.15, 0.2) is 11.6 Å². The molecule has 0 radical (unpaired) electrons. The fraction of sp³-hybridized carbons (Fsp3) is 0.231. The highest BCUT2D eigenvalue weighted by Crippen LogP contribution is 2.36. The van der Waals surface area contributed by atoms with Crippen molar-refractivity contribution in [3.8, 4) is 35.0 Å². The lowest BCUT2D eigenvalue weighted by atomic mass is 9.97. The highest BCUT2D eigenvalue weighted by atomic mass is 19.1. The minimum atomic E-state index is -0.759. The molecule has 0 aliphatic carbocycles. The molecule has 1 aliphatic rings. The first-order chi connectivity index (χ1) is 17.3. The zero-order valence-corrected chi connectivity index (χ0v) is 19.3. The molecule has 2 heterocycles. The van der Waals surface area contributed by atoms with E-state index in [-0.39, 0.29) is 34.4 Å². The maximum Gasteiger partial charge on any atom is 0.254 e. The molecule has 1 amide bonds. The number of methoxy groups -OCH3 is 1. The number of benzene rings is 2. The normalized spacial score (nSPS) is 13.5. The van der Waals surface area contributed by atoms with Gasteiger partial charge in [-0.15, -0.1) is 0 Å². The summed E-state index contributed by atoms with van der Waals surface area (Å²) < 4.78 is 38.2. The van der Waals surface area contributed by atoms with Gasteiger partial charge in [0.1, 0.15) is 29.6 Å². The summed E-state index contributed by atoms with van der Waals surface area (Å²) in [6.07, 6.45) is 0.789. The number of hydrogen-bond acceptors (Lipinski definition) is 7. The van der Waals surface area contributed by atoms with Crippen molar-refractivity contribution in [1.82, 2.24) is 4.98 Å². The van der Waals surface area contributed by atoms with Gasteiger partial charge in [0, 0.05) is 43.2 Å². The van der Waals surface area contributed by atoms with E-state index in [0.717, 1.165) is 12.1 Å². The second-order valence-electron chi connectivity index (χ2n) is 8.14. The van der Waals surface area contributed by atoms with Crippen LogP contribution in [-0.4, -0.2) is 37.2 Å². The van der Waals surface area contributed by atoms with Crippen molar-refractivity contribution in [2.45, 2.75) is 18.9 Å². The number of ether oxygens (including phenoxy) is 2. The molecule has 0 atom stereocenters. The number of nitrogens with zero attached hydrogens (tertiary/aromatic N) is 4. The number of aromatic nitrogens is 1. The van der Waals surface area contributed by atoms with Crippen LogP contribution in [0.15, 0.2) is 42.5 Å².